The molecule has 0 fully saturated rings. The molecule has 0 spiro atoms. The maximum Gasteiger partial charge on any atom is 0.472 e. The second kappa shape index (κ2) is 67.1. The van der Waals surface area contributed by atoms with Gasteiger partial charge < -0.3 is 33.8 Å². The third-order valence-electron chi connectivity index (χ3n) is 17.3. The summed E-state index contributed by atoms with van der Waals surface area (Å²) >= 11 is 0. The largest absolute Gasteiger partial charge is 0.472 e. The van der Waals surface area contributed by atoms with Crippen LogP contribution in [0.2, 0.25) is 0 Å². The van der Waals surface area contributed by atoms with Crippen LogP contribution in [0, 0.1) is 17.8 Å². The Hall–Kier alpha value is -2.46. The zero-order valence-electron chi connectivity index (χ0n) is 62.3. The molecule has 0 aliphatic heterocycles. The van der Waals surface area contributed by atoms with E-state index in [0.717, 1.165) is 121 Å². The summed E-state index contributed by atoms with van der Waals surface area (Å²) in [5, 5.41) is 10.6. The smallest absolute Gasteiger partial charge is 0.462 e. The molecule has 3 N–H and O–H groups in total. The highest BCUT2D eigenvalue weighted by molar-refractivity contribution is 7.47. The molecule has 0 heterocycles. The van der Waals surface area contributed by atoms with Crippen LogP contribution in [0.5, 0.6) is 0 Å². The molecular weight excluding hydrogens is 1260 g/mol. The molecule has 0 radical (unpaired) electrons. The lowest BCUT2D eigenvalue weighted by atomic mass is 10.0. The standard InChI is InChI=1S/C77H146O17P2/c1-8-9-10-11-12-13-14-15-20-24-27-30-37-46-53-60-76(81)93-72(64-87-74(79)58-51-44-39-32-35-42-49-56-69(4)5)66-91-95(83,84)89-62-71(78)63-90-96(85,86)92-67-73(65-88-75(80)59-52-45-40-33-36-43-50-57-70(6)7)94-77(82)61-54-47-38-31-28-25-22-19-17-16-18-21-23-26-29-34-41-48-55-68(2)3/h13-15,20,68-73,78H,8-12,16-19,21-67H2,1-7H3,(H,83,84)(H,85,86)/b14-13-,20-15-/t71?,72-,73-/m1/s1. The number of hydrogen-bond donors (Lipinski definition) is 3. The molecule has 0 rings (SSSR count). The van der Waals surface area contributed by atoms with Gasteiger partial charge in [-0.3, -0.25) is 37.3 Å². The minimum atomic E-state index is -4.96. The van der Waals surface area contributed by atoms with Crippen LogP contribution in [-0.4, -0.2) is 96.7 Å². The zero-order valence-corrected chi connectivity index (χ0v) is 64.1. The van der Waals surface area contributed by atoms with Gasteiger partial charge in [0.2, 0.25) is 0 Å². The van der Waals surface area contributed by atoms with E-state index in [2.05, 4.69) is 72.8 Å². The maximum atomic E-state index is 13.1. The number of aliphatic hydroxyl groups excluding tert-OH is 1. The van der Waals surface area contributed by atoms with Crippen molar-refractivity contribution in [3.63, 3.8) is 0 Å². The fraction of sp³-hybridized carbons (Fsp3) is 0.896. The summed E-state index contributed by atoms with van der Waals surface area (Å²) in [7, 11) is -9.92. The van der Waals surface area contributed by atoms with E-state index in [4.69, 9.17) is 37.0 Å². The molecule has 5 atom stereocenters. The number of hydrogen-bond acceptors (Lipinski definition) is 15. The van der Waals surface area contributed by atoms with Crippen LogP contribution in [0.3, 0.4) is 0 Å². The molecule has 0 aliphatic carbocycles. The number of allylic oxidation sites excluding steroid dienone is 4. The van der Waals surface area contributed by atoms with E-state index in [9.17, 15) is 43.2 Å². The molecule has 0 saturated heterocycles. The molecule has 0 aromatic rings. The van der Waals surface area contributed by atoms with Crippen LogP contribution in [0.15, 0.2) is 24.3 Å². The van der Waals surface area contributed by atoms with Gasteiger partial charge in [-0.25, -0.2) is 9.13 Å². The summed E-state index contributed by atoms with van der Waals surface area (Å²) in [5.74, 6) is 0.0735. The summed E-state index contributed by atoms with van der Waals surface area (Å²) in [6, 6.07) is 0. The molecule has 0 aromatic heterocycles. The average molecular weight is 1410 g/mol. The summed E-state index contributed by atoms with van der Waals surface area (Å²) in [6.45, 7) is 11.8. The van der Waals surface area contributed by atoms with E-state index in [1.165, 1.54) is 154 Å². The highest BCUT2D eigenvalue weighted by Crippen LogP contribution is 2.45. The Labute approximate surface area is 586 Å². The Morgan fingerprint density at radius 1 is 0.323 bits per heavy atom. The van der Waals surface area contributed by atoms with Gasteiger partial charge in [0.15, 0.2) is 12.2 Å². The number of esters is 4. The summed E-state index contributed by atoms with van der Waals surface area (Å²) < 4.78 is 68.4. The van der Waals surface area contributed by atoms with Crippen LogP contribution in [0.4, 0.5) is 0 Å². The molecule has 0 saturated carbocycles. The van der Waals surface area contributed by atoms with Gasteiger partial charge in [-0.2, -0.15) is 0 Å². The van der Waals surface area contributed by atoms with Crippen LogP contribution in [-0.2, 0) is 65.4 Å². The lowest BCUT2D eigenvalue weighted by molar-refractivity contribution is -0.161. The third kappa shape index (κ3) is 70.0. The molecular formula is C77H146O17P2. The molecule has 0 amide bonds. The number of phosphoric acid groups is 2. The van der Waals surface area contributed by atoms with E-state index in [1.54, 1.807) is 0 Å². The van der Waals surface area contributed by atoms with Gasteiger partial charge in [-0.1, -0.05) is 317 Å². The van der Waals surface area contributed by atoms with E-state index in [-0.39, 0.29) is 25.7 Å². The van der Waals surface area contributed by atoms with Gasteiger partial charge in [0.05, 0.1) is 26.4 Å². The number of aliphatic hydroxyl groups is 1. The second-order valence-corrected chi connectivity index (χ2v) is 31.4. The molecule has 0 aliphatic rings. The van der Waals surface area contributed by atoms with Crippen molar-refractivity contribution in [1.29, 1.82) is 0 Å². The highest BCUT2D eigenvalue weighted by Gasteiger charge is 2.30. The van der Waals surface area contributed by atoms with Crippen LogP contribution < -0.4 is 0 Å². The lowest BCUT2D eigenvalue weighted by Gasteiger charge is -2.21. The molecule has 96 heavy (non-hydrogen) atoms. The van der Waals surface area contributed by atoms with Gasteiger partial charge in [0.25, 0.3) is 0 Å². The number of ether oxygens (including phenoxy) is 4. The molecule has 0 aromatic carbocycles. The van der Waals surface area contributed by atoms with Crippen molar-refractivity contribution >= 4 is 39.5 Å². The fourth-order valence-electron chi connectivity index (χ4n) is 11.2. The molecule has 19 heteroatoms. The highest BCUT2D eigenvalue weighted by atomic mass is 31.2. The predicted molar refractivity (Wildman–Crippen MR) is 390 cm³/mol. The monoisotopic (exact) mass is 1410 g/mol. The second-order valence-electron chi connectivity index (χ2n) is 28.5. The summed E-state index contributed by atoms with van der Waals surface area (Å²) in [5.41, 5.74) is 0. The topological polar surface area (TPSA) is 237 Å². The first-order valence-corrected chi connectivity index (χ1v) is 42.2. The lowest BCUT2D eigenvalue weighted by Crippen LogP contribution is -2.30. The van der Waals surface area contributed by atoms with Crippen molar-refractivity contribution in [1.82, 2.24) is 0 Å². The van der Waals surface area contributed by atoms with Crippen LogP contribution in [0.1, 0.15) is 370 Å². The zero-order chi connectivity index (χ0) is 70.9. The Morgan fingerprint density at radius 3 is 0.844 bits per heavy atom. The number of rotatable bonds is 73. The molecule has 0 bridgehead atoms. The first-order chi connectivity index (χ1) is 46.2. The van der Waals surface area contributed by atoms with E-state index in [0.29, 0.717) is 37.5 Å². The van der Waals surface area contributed by atoms with Crippen LogP contribution >= 0.6 is 15.6 Å². The van der Waals surface area contributed by atoms with E-state index < -0.39 is 97.5 Å². The third-order valence-corrected chi connectivity index (χ3v) is 19.2. The molecule has 566 valence electrons. The van der Waals surface area contributed by atoms with Gasteiger partial charge in [-0.05, 0) is 69.1 Å². The number of carbonyl (C=O) groups is 4. The predicted octanol–water partition coefficient (Wildman–Crippen LogP) is 22.1. The summed E-state index contributed by atoms with van der Waals surface area (Å²) in [6.07, 6.45) is 56.6. The van der Waals surface area contributed by atoms with Crippen molar-refractivity contribution in [2.24, 2.45) is 17.8 Å². The van der Waals surface area contributed by atoms with Gasteiger partial charge in [0.1, 0.15) is 19.3 Å². The van der Waals surface area contributed by atoms with Crippen molar-refractivity contribution in [3.8, 4) is 0 Å². The van der Waals surface area contributed by atoms with Crippen molar-refractivity contribution in [2.75, 3.05) is 39.6 Å². The van der Waals surface area contributed by atoms with Crippen molar-refractivity contribution < 1.29 is 80.2 Å². The Kier molecular flexibility index (Phi) is 65.3. The minimum Gasteiger partial charge on any atom is -0.462 e. The number of unbranched alkanes of at least 4 members (excludes halogenated alkanes) is 38. The quantitative estimate of drug-likeness (QED) is 0.0169. The number of carbonyl (C=O) groups excluding carboxylic acids is 4. The van der Waals surface area contributed by atoms with E-state index >= 15 is 0 Å². The molecule has 3 unspecified atom stereocenters. The van der Waals surface area contributed by atoms with Crippen molar-refractivity contribution in [3.05, 3.63) is 24.3 Å². The average Bonchev–Trinajstić information content (AvgIpc) is 1.48. The van der Waals surface area contributed by atoms with E-state index in [1.807, 2.05) is 0 Å². The first kappa shape index (κ1) is 93.5. The summed E-state index contributed by atoms with van der Waals surface area (Å²) in [4.78, 5) is 72.7. The van der Waals surface area contributed by atoms with Gasteiger partial charge >= 0.3 is 39.5 Å². The normalized spacial score (nSPS) is 14.2. The van der Waals surface area contributed by atoms with Crippen LogP contribution in [0.25, 0.3) is 0 Å². The van der Waals surface area contributed by atoms with Gasteiger partial charge in [-0.15, -0.1) is 0 Å². The SMILES string of the molecule is CCCCCC/C=C\C=C/CCCCCCCC(=O)O[C@H](COC(=O)CCCCCCCCCC(C)C)COP(=O)(O)OCC(O)COP(=O)(O)OC[C@@H](COC(=O)CCCCCCCCCC(C)C)OC(=O)CCCCCCCCCCCCCCCCCCCCC(C)C. The maximum absolute atomic E-state index is 13.1. The minimum absolute atomic E-state index is 0.0839. The Morgan fingerprint density at radius 2 is 0.562 bits per heavy atom. The van der Waals surface area contributed by atoms with Crippen molar-refractivity contribution in [2.45, 2.75) is 388 Å². The Bertz CT molecular complexity index is 1960. The Balaban J connectivity index is 5.21. The van der Waals surface area contributed by atoms with Gasteiger partial charge in [0, 0.05) is 25.7 Å². The first-order valence-electron chi connectivity index (χ1n) is 39.2. The fourth-order valence-corrected chi connectivity index (χ4v) is 12.8. The molecule has 17 nitrogen and oxygen atoms in total. The number of phosphoric ester groups is 2.